The molecule has 0 saturated heterocycles. The SMILES string of the molecule is C#C.C#C.C#C.C#C.C#C. The molecule has 0 heterocycles. The van der Waals surface area contributed by atoms with Gasteiger partial charge in [0.05, 0.1) is 0 Å². The van der Waals surface area contributed by atoms with Gasteiger partial charge in [-0.2, -0.15) is 0 Å². The standard InChI is InChI=1S/5C2H2/c5*1-2/h5*1-2H. The maximum atomic E-state index is 4.00. The molecule has 0 aliphatic carbocycles. The zero-order valence-electron chi connectivity index (χ0n) is 5.77. The number of terminal acetylenes is 5. The molecule has 0 rings (SSSR count). The summed E-state index contributed by atoms with van der Waals surface area (Å²) >= 11 is 0. The fourth-order valence-electron chi connectivity index (χ4n) is 0. The summed E-state index contributed by atoms with van der Waals surface area (Å²) in [6, 6.07) is 0. The fourth-order valence-corrected chi connectivity index (χ4v) is 0. The lowest BCUT2D eigenvalue weighted by molar-refractivity contribution is 3.31. The first-order valence-corrected chi connectivity index (χ1v) is 1.67. The van der Waals surface area contributed by atoms with Gasteiger partial charge in [0, 0.05) is 0 Å². The van der Waals surface area contributed by atoms with Crippen LogP contribution in [0.25, 0.3) is 0 Å². The third-order valence-electron chi connectivity index (χ3n) is 0. The van der Waals surface area contributed by atoms with E-state index in [1.54, 1.807) is 0 Å². The van der Waals surface area contributed by atoms with Crippen LogP contribution in [-0.4, -0.2) is 0 Å². The van der Waals surface area contributed by atoms with Crippen molar-refractivity contribution in [3.8, 4) is 64.2 Å². The van der Waals surface area contributed by atoms with Gasteiger partial charge in [-0.15, -0.1) is 64.2 Å². The molecule has 0 amide bonds. The van der Waals surface area contributed by atoms with Crippen molar-refractivity contribution in [3.63, 3.8) is 0 Å². The van der Waals surface area contributed by atoms with Gasteiger partial charge in [0.1, 0.15) is 0 Å². The Bertz CT molecular complexity index is 58.6. The minimum Gasteiger partial charge on any atom is -0.124 e. The van der Waals surface area contributed by atoms with Crippen LogP contribution in [0.2, 0.25) is 0 Å². The van der Waals surface area contributed by atoms with Crippen molar-refractivity contribution in [2.24, 2.45) is 0 Å². The molecular formula is C10H10. The van der Waals surface area contributed by atoms with Gasteiger partial charge in [0.15, 0.2) is 0 Å². The number of rotatable bonds is 0. The van der Waals surface area contributed by atoms with Crippen LogP contribution >= 0.6 is 0 Å². The van der Waals surface area contributed by atoms with Crippen LogP contribution in [0.15, 0.2) is 0 Å². The topological polar surface area (TPSA) is 0 Å². The predicted molar refractivity (Wildman–Crippen MR) is 49.5 cm³/mol. The zero-order valence-corrected chi connectivity index (χ0v) is 5.77. The molecule has 0 N–H and O–H groups in total. The van der Waals surface area contributed by atoms with E-state index in [-0.39, 0.29) is 0 Å². The van der Waals surface area contributed by atoms with Crippen molar-refractivity contribution < 1.29 is 0 Å². The van der Waals surface area contributed by atoms with Gasteiger partial charge in [0.2, 0.25) is 0 Å². The molecule has 0 saturated carbocycles. The van der Waals surface area contributed by atoms with Crippen molar-refractivity contribution in [1.82, 2.24) is 0 Å². The highest BCUT2D eigenvalue weighted by Crippen LogP contribution is 0.587. The van der Waals surface area contributed by atoms with Gasteiger partial charge in [-0.05, 0) is 0 Å². The van der Waals surface area contributed by atoms with E-state index >= 15 is 0 Å². The highest BCUT2D eigenvalue weighted by Gasteiger charge is 0.462. The second-order valence-electron chi connectivity index (χ2n) is 0. The molecule has 0 bridgehead atoms. The summed E-state index contributed by atoms with van der Waals surface area (Å²) in [7, 11) is 0. The molecular weight excluding hydrogens is 120 g/mol. The molecule has 0 unspecified atom stereocenters. The Morgan fingerprint density at radius 2 is 0.200 bits per heavy atom. The molecule has 0 heteroatoms. The summed E-state index contributed by atoms with van der Waals surface area (Å²) in [4.78, 5) is 0. The van der Waals surface area contributed by atoms with E-state index in [4.69, 9.17) is 0 Å². The van der Waals surface area contributed by atoms with Gasteiger partial charge < -0.3 is 0 Å². The van der Waals surface area contributed by atoms with Crippen LogP contribution in [0.1, 0.15) is 0 Å². The molecule has 0 atom stereocenters. The lowest BCUT2D eigenvalue weighted by Crippen LogP contribution is -0.576. The lowest BCUT2D eigenvalue weighted by Gasteiger charge is -0.701. The third kappa shape index (κ3) is 27.6. The van der Waals surface area contributed by atoms with E-state index in [0.29, 0.717) is 0 Å². The average Bonchev–Trinajstić information content (AvgIpc) is 2.20. The Kier molecular flexibility index (Phi) is 217. The van der Waals surface area contributed by atoms with Gasteiger partial charge in [-0.3, -0.25) is 0 Å². The predicted octanol–water partition coefficient (Wildman–Crippen LogP) is 1.25. The van der Waals surface area contributed by atoms with Crippen LogP contribution in [-0.2, 0) is 0 Å². The Labute approximate surface area is 65.0 Å². The van der Waals surface area contributed by atoms with Gasteiger partial charge in [-0.1, -0.05) is 0 Å². The maximum Gasteiger partial charge on any atom is -0.124 e. The Balaban J connectivity index is -0.0000000104. The van der Waals surface area contributed by atoms with E-state index in [9.17, 15) is 0 Å². The fraction of sp³-hybridized carbons (Fsp3) is 0. The largest absolute Gasteiger partial charge is 0.124 e. The van der Waals surface area contributed by atoms with E-state index < -0.39 is 0 Å². The maximum absolute atomic E-state index is 4.00. The summed E-state index contributed by atoms with van der Waals surface area (Å²) in [5.41, 5.74) is 0. The molecule has 10 heavy (non-hydrogen) atoms. The monoisotopic (exact) mass is 130 g/mol. The molecule has 0 aromatic heterocycles. The van der Waals surface area contributed by atoms with Crippen LogP contribution in [0.3, 0.4) is 0 Å². The van der Waals surface area contributed by atoms with Crippen molar-refractivity contribution in [1.29, 1.82) is 0 Å². The summed E-state index contributed by atoms with van der Waals surface area (Å²) in [6.07, 6.45) is 40.0. The minimum atomic E-state index is 4.00. The highest BCUT2D eigenvalue weighted by molar-refractivity contribution is 4.47. The zero-order chi connectivity index (χ0) is 10.0. The Hall–Kier alpha value is -2.20. The van der Waals surface area contributed by atoms with Gasteiger partial charge in [0.25, 0.3) is 0 Å². The van der Waals surface area contributed by atoms with Crippen molar-refractivity contribution in [3.05, 3.63) is 0 Å². The Morgan fingerprint density at radius 3 is 0.200 bits per heavy atom. The quantitative estimate of drug-likeness (QED) is 0.433. The minimum absolute atomic E-state index is 4.00. The average molecular weight is 130 g/mol. The van der Waals surface area contributed by atoms with E-state index in [1.807, 2.05) is 0 Å². The third-order valence-corrected chi connectivity index (χ3v) is 0. The normalized spacial score (nSPS) is 1.00. The van der Waals surface area contributed by atoms with Crippen LogP contribution in [0.5, 0.6) is 0 Å². The summed E-state index contributed by atoms with van der Waals surface area (Å²) < 4.78 is 0. The van der Waals surface area contributed by atoms with Gasteiger partial charge >= 0.3 is 0 Å². The second kappa shape index (κ2) is 47.3. The summed E-state index contributed by atoms with van der Waals surface area (Å²) in [5.74, 6) is 0. The highest BCUT2D eigenvalue weighted by atomic mass is 12.6. The molecule has 0 aliphatic heterocycles. The first-order chi connectivity index (χ1) is 5.00. The van der Waals surface area contributed by atoms with Crippen LogP contribution < -0.4 is 0 Å². The molecule has 0 aromatic rings. The van der Waals surface area contributed by atoms with Gasteiger partial charge in [-0.25, -0.2) is 0 Å². The molecule has 0 aromatic carbocycles. The lowest BCUT2D eigenvalue weighted by atomic mass is 11.4. The number of hydrogen-bond acceptors (Lipinski definition) is 0. The van der Waals surface area contributed by atoms with Crippen LogP contribution in [0.4, 0.5) is 0 Å². The van der Waals surface area contributed by atoms with Crippen molar-refractivity contribution in [2.45, 2.75) is 0 Å². The molecule has 50 valence electrons. The van der Waals surface area contributed by atoms with Crippen molar-refractivity contribution in [2.75, 3.05) is 0 Å². The molecule has 0 aliphatic rings. The molecule has 0 nitrogen and oxygen atoms in total. The summed E-state index contributed by atoms with van der Waals surface area (Å²) in [5, 5.41) is 0. The summed E-state index contributed by atoms with van der Waals surface area (Å²) in [6.45, 7) is 0. The van der Waals surface area contributed by atoms with Crippen LogP contribution in [0, 0.1) is 64.2 Å². The second-order valence-corrected chi connectivity index (χ2v) is 0. The first kappa shape index (κ1) is 46.0. The Morgan fingerprint density at radius 1 is 0.200 bits per heavy atom. The molecule has 0 radical (unpaired) electrons. The molecule has 0 spiro atoms. The smallest absolute Gasteiger partial charge is 0.124 e. The van der Waals surface area contributed by atoms with E-state index in [0.717, 1.165) is 0 Å². The molecule has 0 fully saturated rings. The van der Waals surface area contributed by atoms with E-state index in [1.165, 1.54) is 0 Å². The first-order valence-electron chi connectivity index (χ1n) is 1.67. The van der Waals surface area contributed by atoms with Crippen molar-refractivity contribution >= 4 is 0 Å². The number of hydrogen-bond donors (Lipinski definition) is 0. The van der Waals surface area contributed by atoms with E-state index in [2.05, 4.69) is 64.2 Å².